The summed E-state index contributed by atoms with van der Waals surface area (Å²) in [7, 11) is 2.14. The molecule has 0 saturated carbocycles. The fourth-order valence-electron chi connectivity index (χ4n) is 2.19. The number of hydrogen-bond donors (Lipinski definition) is 0. The van der Waals surface area contributed by atoms with Crippen LogP contribution in [-0.2, 0) is 0 Å². The van der Waals surface area contributed by atoms with Gasteiger partial charge in [0.1, 0.15) is 13.6 Å². The second-order valence-electron chi connectivity index (χ2n) is 4.72. The van der Waals surface area contributed by atoms with Gasteiger partial charge in [0.25, 0.3) is 0 Å². The summed E-state index contributed by atoms with van der Waals surface area (Å²) in [6.45, 7) is 1.12. The summed E-state index contributed by atoms with van der Waals surface area (Å²) < 4.78 is 2.31. The first-order valence-electron chi connectivity index (χ1n) is 6.37. The minimum absolute atomic E-state index is 0.738. The monoisotopic (exact) mass is 282 g/mol. The Hall–Kier alpha value is -0.790. The van der Waals surface area contributed by atoms with E-state index in [2.05, 4.69) is 17.7 Å². The summed E-state index contributed by atoms with van der Waals surface area (Å²) >= 11 is 12.3. The summed E-state index contributed by atoms with van der Waals surface area (Å²) in [5, 5.41) is 1.53. The largest absolute Gasteiger partial charge is 0.236 e. The van der Waals surface area contributed by atoms with Crippen molar-refractivity contribution < 1.29 is 4.58 Å². The maximum atomic E-state index is 6.38. The molecule has 18 heavy (non-hydrogen) atoms. The van der Waals surface area contributed by atoms with Crippen LogP contribution in [0.2, 0.25) is 5.02 Å². The van der Waals surface area contributed by atoms with E-state index in [-0.39, 0.29) is 0 Å². The lowest BCUT2D eigenvalue weighted by molar-refractivity contribution is -0.496. The van der Waals surface area contributed by atoms with E-state index in [1.54, 1.807) is 0 Å². The molecule has 0 bridgehead atoms. The lowest BCUT2D eigenvalue weighted by Crippen LogP contribution is -2.14. The minimum atomic E-state index is 0.738. The van der Waals surface area contributed by atoms with E-state index in [0.717, 1.165) is 28.6 Å². The van der Waals surface area contributed by atoms with Crippen molar-refractivity contribution in [2.24, 2.45) is 0 Å². The molecule has 1 aromatic rings. The lowest BCUT2D eigenvalue weighted by atomic mass is 10.1. The van der Waals surface area contributed by atoms with Crippen LogP contribution in [0.25, 0.3) is 5.03 Å². The summed E-state index contributed by atoms with van der Waals surface area (Å²) in [4.78, 5) is 0. The first kappa shape index (κ1) is 13.6. The molecule has 0 fully saturated rings. The fraction of sp³-hybridized carbons (Fsp3) is 0.400. The molecule has 3 heteroatoms. The smallest absolute Gasteiger partial charge is 0.177 e. The van der Waals surface area contributed by atoms with Crippen molar-refractivity contribution >= 4 is 33.9 Å². The highest BCUT2D eigenvalue weighted by molar-refractivity contribution is 6.50. The van der Waals surface area contributed by atoms with E-state index < -0.39 is 0 Å². The molecule has 1 aliphatic heterocycles. The Kier molecular flexibility index (Phi) is 4.85. The average Bonchev–Trinajstić information content (AvgIpc) is 2.56. The molecule has 0 spiro atoms. The van der Waals surface area contributed by atoms with E-state index in [9.17, 15) is 0 Å². The molecule has 1 aromatic carbocycles. The van der Waals surface area contributed by atoms with Gasteiger partial charge in [-0.3, -0.25) is 0 Å². The Balaban J connectivity index is 2.23. The first-order valence-corrected chi connectivity index (χ1v) is 7.12. The average molecular weight is 283 g/mol. The summed E-state index contributed by atoms with van der Waals surface area (Å²) in [5.41, 5.74) is 2.35. The Morgan fingerprint density at radius 1 is 1.17 bits per heavy atom. The van der Waals surface area contributed by atoms with Crippen LogP contribution in [0.15, 0.2) is 30.3 Å². The van der Waals surface area contributed by atoms with Gasteiger partial charge in [-0.1, -0.05) is 35.3 Å². The minimum Gasteiger partial charge on any atom is -0.236 e. The maximum absolute atomic E-state index is 6.38. The van der Waals surface area contributed by atoms with Gasteiger partial charge in [0.05, 0.1) is 5.03 Å². The maximum Gasteiger partial charge on any atom is 0.177 e. The third kappa shape index (κ3) is 3.60. The zero-order valence-electron chi connectivity index (χ0n) is 10.6. The molecule has 96 valence electrons. The number of benzene rings is 1. The molecule has 2 rings (SSSR count). The van der Waals surface area contributed by atoms with Crippen LogP contribution in [0.3, 0.4) is 0 Å². The second-order valence-corrected chi connectivity index (χ2v) is 5.57. The van der Waals surface area contributed by atoms with Crippen LogP contribution < -0.4 is 0 Å². The van der Waals surface area contributed by atoms with Crippen LogP contribution in [0, 0.1) is 0 Å². The van der Waals surface area contributed by atoms with Gasteiger partial charge in [-0.15, -0.1) is 0 Å². The predicted molar refractivity (Wildman–Crippen MR) is 79.8 cm³/mol. The summed E-state index contributed by atoms with van der Waals surface area (Å²) in [6, 6.07) is 7.65. The first-order chi connectivity index (χ1) is 8.66. The van der Waals surface area contributed by atoms with E-state index in [4.69, 9.17) is 23.2 Å². The number of rotatable bonds is 2. The zero-order valence-corrected chi connectivity index (χ0v) is 12.1. The normalized spacial score (nSPS) is 17.8. The van der Waals surface area contributed by atoms with Crippen molar-refractivity contribution in [2.45, 2.75) is 25.7 Å². The van der Waals surface area contributed by atoms with Crippen LogP contribution in [0.5, 0.6) is 0 Å². The van der Waals surface area contributed by atoms with E-state index in [1.807, 2.05) is 24.3 Å². The van der Waals surface area contributed by atoms with E-state index in [0.29, 0.717) is 0 Å². The summed E-state index contributed by atoms with van der Waals surface area (Å²) in [6.07, 6.45) is 7.03. The Morgan fingerprint density at radius 2 is 1.89 bits per heavy atom. The fourth-order valence-corrected chi connectivity index (χ4v) is 2.57. The van der Waals surface area contributed by atoms with Crippen molar-refractivity contribution in [3.8, 4) is 0 Å². The molecular formula is C15H18Cl2N+. The van der Waals surface area contributed by atoms with Gasteiger partial charge in [-0.25, -0.2) is 4.58 Å². The van der Waals surface area contributed by atoms with Crippen molar-refractivity contribution in [1.82, 2.24) is 0 Å². The second kappa shape index (κ2) is 6.40. The van der Waals surface area contributed by atoms with E-state index >= 15 is 0 Å². The lowest BCUT2D eigenvalue weighted by Gasteiger charge is -2.02. The van der Waals surface area contributed by atoms with Gasteiger partial charge < -0.3 is 0 Å². The van der Waals surface area contributed by atoms with Crippen molar-refractivity contribution in [2.75, 3.05) is 13.6 Å². The molecular weight excluding hydrogens is 265 g/mol. The standard InChI is InChI=1S/C15H18Cl2N/c1-18-10-4-2-3-5-14(18)11-15(17)12-6-8-13(16)9-7-12/h6-9,11H,2-5,10H2,1H3/q+1/b15-11-. The van der Waals surface area contributed by atoms with E-state index in [1.165, 1.54) is 25.0 Å². The number of hydrogen-bond acceptors (Lipinski definition) is 0. The van der Waals surface area contributed by atoms with Gasteiger partial charge in [0, 0.05) is 23.9 Å². The van der Waals surface area contributed by atoms with Crippen molar-refractivity contribution in [3.63, 3.8) is 0 Å². The number of halogens is 2. The molecule has 0 radical (unpaired) electrons. The van der Waals surface area contributed by atoms with Gasteiger partial charge in [0.2, 0.25) is 0 Å². The molecule has 0 saturated heterocycles. The highest BCUT2D eigenvalue weighted by atomic mass is 35.5. The SMILES string of the molecule is C[N+]1=C(/C=C(\Cl)c2ccc(Cl)cc2)CCCCC1. The molecule has 0 amide bonds. The molecule has 0 N–H and O–H groups in total. The Morgan fingerprint density at radius 3 is 2.61 bits per heavy atom. The van der Waals surface area contributed by atoms with Crippen LogP contribution in [0.1, 0.15) is 31.2 Å². The quantitative estimate of drug-likeness (QED) is 0.699. The Bertz CT molecular complexity index is 472. The van der Waals surface area contributed by atoms with Crippen LogP contribution in [-0.4, -0.2) is 23.9 Å². The predicted octanol–water partition coefficient (Wildman–Crippen LogP) is 4.58. The van der Waals surface area contributed by atoms with Crippen LogP contribution in [0.4, 0.5) is 0 Å². The number of nitrogens with zero attached hydrogens (tertiary/aromatic N) is 1. The highest BCUT2D eigenvalue weighted by Gasteiger charge is 2.13. The third-order valence-corrected chi connectivity index (χ3v) is 3.91. The van der Waals surface area contributed by atoms with Gasteiger partial charge in [0.15, 0.2) is 5.71 Å². The van der Waals surface area contributed by atoms with Gasteiger partial charge in [-0.05, 0) is 30.5 Å². The third-order valence-electron chi connectivity index (χ3n) is 3.33. The molecule has 0 aliphatic carbocycles. The molecule has 0 unspecified atom stereocenters. The molecule has 1 aliphatic rings. The van der Waals surface area contributed by atoms with Gasteiger partial charge >= 0.3 is 0 Å². The zero-order chi connectivity index (χ0) is 13.0. The van der Waals surface area contributed by atoms with Crippen molar-refractivity contribution in [3.05, 3.63) is 40.9 Å². The molecule has 1 nitrogen and oxygen atoms in total. The van der Waals surface area contributed by atoms with Crippen LogP contribution >= 0.6 is 23.2 Å². The summed E-state index contributed by atoms with van der Waals surface area (Å²) in [5.74, 6) is 0. The Labute approximate surface area is 119 Å². The highest BCUT2D eigenvalue weighted by Crippen LogP contribution is 2.22. The van der Waals surface area contributed by atoms with Gasteiger partial charge in [-0.2, -0.15) is 0 Å². The molecule has 0 aromatic heterocycles. The topological polar surface area (TPSA) is 3.01 Å². The number of allylic oxidation sites excluding steroid dienone is 1. The molecule has 0 atom stereocenters. The molecule has 1 heterocycles. The van der Waals surface area contributed by atoms with Crippen molar-refractivity contribution in [1.29, 1.82) is 0 Å².